The molecule has 1 aliphatic heterocycles. The maximum Gasteiger partial charge on any atom is 0.254 e. The Morgan fingerprint density at radius 2 is 1.76 bits per heavy atom. The lowest BCUT2D eigenvalue weighted by Crippen LogP contribution is -2.48. The summed E-state index contributed by atoms with van der Waals surface area (Å²) in [5.74, 6) is -0.595. The number of aromatic nitrogens is 2. The van der Waals surface area contributed by atoms with E-state index in [2.05, 4.69) is 19.6 Å². The third kappa shape index (κ3) is 5.03. The number of halogens is 1. The van der Waals surface area contributed by atoms with E-state index in [1.54, 1.807) is 35.6 Å². The number of nitrogens with zero attached hydrogens (tertiary/aromatic N) is 4. The van der Waals surface area contributed by atoms with Gasteiger partial charge in [-0.1, -0.05) is 18.2 Å². The van der Waals surface area contributed by atoms with Crippen LogP contribution in [0.25, 0.3) is 10.9 Å². The highest BCUT2D eigenvalue weighted by Crippen LogP contribution is 2.29. The Labute approximate surface area is 202 Å². The number of anilines is 1. The van der Waals surface area contributed by atoms with Crippen LogP contribution in [-0.2, 0) is 6.54 Å². The predicted octanol–water partition coefficient (Wildman–Crippen LogP) is 4.85. The fourth-order valence-electron chi connectivity index (χ4n) is 4.04. The van der Waals surface area contributed by atoms with Gasteiger partial charge in [0.2, 0.25) is 0 Å². The van der Waals surface area contributed by atoms with E-state index >= 15 is 0 Å². The third-order valence-electron chi connectivity index (χ3n) is 5.90. The summed E-state index contributed by atoms with van der Waals surface area (Å²) in [6.07, 6.45) is 5.32. The summed E-state index contributed by atoms with van der Waals surface area (Å²) in [5.41, 5.74) is 2.76. The molecule has 0 saturated carbocycles. The van der Waals surface area contributed by atoms with Crippen molar-refractivity contribution < 1.29 is 9.18 Å². The van der Waals surface area contributed by atoms with E-state index in [-0.39, 0.29) is 5.91 Å². The highest BCUT2D eigenvalue weighted by Gasteiger charge is 2.23. The van der Waals surface area contributed by atoms with Crippen LogP contribution in [0.2, 0.25) is 0 Å². The first-order valence-corrected chi connectivity index (χ1v) is 12.0. The fourth-order valence-corrected chi connectivity index (χ4v) is 4.84. The monoisotopic (exact) mass is 473 g/mol. The quantitative estimate of drug-likeness (QED) is 0.404. The number of pyridine rings is 2. The Bertz CT molecular complexity index is 1290. The number of rotatable bonds is 6. The summed E-state index contributed by atoms with van der Waals surface area (Å²) in [6.45, 7) is 3.64. The summed E-state index contributed by atoms with van der Waals surface area (Å²) in [5, 5.41) is 1.02. The van der Waals surface area contributed by atoms with Crippen LogP contribution in [0.15, 0.2) is 84.1 Å². The Morgan fingerprint density at radius 3 is 2.56 bits per heavy atom. The topological polar surface area (TPSA) is 61.4 Å². The van der Waals surface area contributed by atoms with Gasteiger partial charge in [-0.3, -0.25) is 19.7 Å². The molecular weight excluding hydrogens is 449 g/mol. The molecule has 8 heteroatoms. The average molecular weight is 474 g/mol. The number of carbonyl (C=O) groups excluding carboxylic acids is 1. The van der Waals surface area contributed by atoms with Crippen molar-refractivity contribution in [2.75, 3.05) is 30.9 Å². The Hall–Kier alpha value is -3.49. The standard InChI is InChI=1S/C26H24FN5OS/c27-22-17-21(26(33)32-15-13-31(14-16-32)18-19-8-11-28-12-9-19)6-7-23(22)30-34-24-5-1-3-20-4-2-10-29-25(20)24/h1-12,17,30H,13-16,18H2. The SMILES string of the molecule is O=C(c1ccc(NSc2cccc3cccnc23)c(F)c1)N1CCN(Cc2ccncc2)CC1. The van der Waals surface area contributed by atoms with Crippen molar-refractivity contribution in [1.29, 1.82) is 0 Å². The summed E-state index contributed by atoms with van der Waals surface area (Å²) in [6, 6.07) is 18.4. The summed E-state index contributed by atoms with van der Waals surface area (Å²) < 4.78 is 17.9. The van der Waals surface area contributed by atoms with Crippen molar-refractivity contribution in [2.45, 2.75) is 11.4 Å². The predicted molar refractivity (Wildman–Crippen MR) is 133 cm³/mol. The number of hydrogen-bond acceptors (Lipinski definition) is 6. The molecule has 0 spiro atoms. The van der Waals surface area contributed by atoms with Gasteiger partial charge in [-0.2, -0.15) is 0 Å². The van der Waals surface area contributed by atoms with Crippen LogP contribution < -0.4 is 4.72 Å². The van der Waals surface area contributed by atoms with Gasteiger partial charge in [0.15, 0.2) is 0 Å². The van der Waals surface area contributed by atoms with Crippen molar-refractivity contribution in [3.05, 3.63) is 96.2 Å². The van der Waals surface area contributed by atoms with Crippen LogP contribution in [0.5, 0.6) is 0 Å². The molecule has 2 aromatic carbocycles. The molecule has 1 N–H and O–H groups in total. The molecule has 0 aliphatic carbocycles. The zero-order chi connectivity index (χ0) is 23.3. The lowest BCUT2D eigenvalue weighted by atomic mass is 10.1. The van der Waals surface area contributed by atoms with E-state index in [0.29, 0.717) is 24.3 Å². The molecule has 0 bridgehead atoms. The van der Waals surface area contributed by atoms with Crippen molar-refractivity contribution >= 4 is 34.4 Å². The molecular formula is C26H24FN5OS. The van der Waals surface area contributed by atoms with Crippen LogP contribution in [0, 0.1) is 5.82 Å². The molecule has 1 fully saturated rings. The van der Waals surface area contributed by atoms with E-state index < -0.39 is 5.82 Å². The van der Waals surface area contributed by atoms with Crippen molar-refractivity contribution in [2.24, 2.45) is 0 Å². The molecule has 4 aromatic rings. The second-order valence-electron chi connectivity index (χ2n) is 8.15. The van der Waals surface area contributed by atoms with E-state index in [4.69, 9.17) is 0 Å². The number of nitrogens with one attached hydrogen (secondary N) is 1. The highest BCUT2D eigenvalue weighted by atomic mass is 32.2. The number of fused-ring (bicyclic) bond motifs is 1. The summed E-state index contributed by atoms with van der Waals surface area (Å²) in [4.78, 5) is 26.4. The van der Waals surface area contributed by atoms with E-state index in [0.717, 1.165) is 35.4 Å². The molecule has 172 valence electrons. The maximum atomic E-state index is 14.8. The van der Waals surface area contributed by atoms with Gasteiger partial charge in [0.25, 0.3) is 5.91 Å². The number of benzene rings is 2. The first-order chi connectivity index (χ1) is 16.7. The largest absolute Gasteiger partial charge is 0.336 e. The van der Waals surface area contributed by atoms with Gasteiger partial charge >= 0.3 is 0 Å². The Kier molecular flexibility index (Phi) is 6.69. The second-order valence-corrected chi connectivity index (χ2v) is 9.00. The zero-order valence-electron chi connectivity index (χ0n) is 18.5. The Morgan fingerprint density at radius 1 is 0.971 bits per heavy atom. The number of piperazine rings is 1. The number of amides is 1. The minimum Gasteiger partial charge on any atom is -0.336 e. The van der Waals surface area contributed by atoms with Gasteiger partial charge < -0.3 is 9.62 Å². The second kappa shape index (κ2) is 10.2. The zero-order valence-corrected chi connectivity index (χ0v) is 19.3. The molecule has 0 unspecified atom stereocenters. The van der Waals surface area contributed by atoms with Crippen LogP contribution in [0.4, 0.5) is 10.1 Å². The first-order valence-electron chi connectivity index (χ1n) is 11.1. The van der Waals surface area contributed by atoms with Gasteiger partial charge in [0, 0.05) is 62.3 Å². The van der Waals surface area contributed by atoms with E-state index in [9.17, 15) is 9.18 Å². The van der Waals surface area contributed by atoms with Gasteiger partial charge in [0.1, 0.15) is 5.82 Å². The average Bonchev–Trinajstić information content (AvgIpc) is 2.88. The molecule has 5 rings (SSSR count). The Balaban J connectivity index is 1.19. The molecule has 3 heterocycles. The molecule has 1 saturated heterocycles. The van der Waals surface area contributed by atoms with Gasteiger partial charge in [-0.25, -0.2) is 4.39 Å². The van der Waals surface area contributed by atoms with Crippen molar-refractivity contribution in [3.63, 3.8) is 0 Å². The molecule has 2 aromatic heterocycles. The van der Waals surface area contributed by atoms with Gasteiger partial charge in [-0.05, 0) is 60.0 Å². The third-order valence-corrected chi connectivity index (χ3v) is 6.77. The molecule has 34 heavy (non-hydrogen) atoms. The van der Waals surface area contributed by atoms with Crippen LogP contribution in [0.3, 0.4) is 0 Å². The lowest BCUT2D eigenvalue weighted by Gasteiger charge is -2.34. The number of hydrogen-bond donors (Lipinski definition) is 1. The number of carbonyl (C=O) groups is 1. The molecule has 1 amide bonds. The van der Waals surface area contributed by atoms with Gasteiger partial charge in [-0.15, -0.1) is 0 Å². The number of para-hydroxylation sites is 1. The minimum atomic E-state index is -0.456. The molecule has 6 nitrogen and oxygen atoms in total. The summed E-state index contributed by atoms with van der Waals surface area (Å²) in [7, 11) is 0. The smallest absolute Gasteiger partial charge is 0.254 e. The van der Waals surface area contributed by atoms with E-state index in [1.165, 1.54) is 23.6 Å². The van der Waals surface area contributed by atoms with Crippen molar-refractivity contribution in [3.8, 4) is 0 Å². The minimum absolute atomic E-state index is 0.139. The van der Waals surface area contributed by atoms with Crippen LogP contribution >= 0.6 is 11.9 Å². The molecule has 0 radical (unpaired) electrons. The molecule has 1 aliphatic rings. The highest BCUT2D eigenvalue weighted by molar-refractivity contribution is 8.00. The van der Waals surface area contributed by atoms with Crippen LogP contribution in [0.1, 0.15) is 15.9 Å². The summed E-state index contributed by atoms with van der Waals surface area (Å²) >= 11 is 1.30. The van der Waals surface area contributed by atoms with Crippen molar-refractivity contribution in [1.82, 2.24) is 19.8 Å². The lowest BCUT2D eigenvalue weighted by molar-refractivity contribution is 0.0628. The van der Waals surface area contributed by atoms with Gasteiger partial charge in [0.05, 0.1) is 16.1 Å². The molecule has 0 atom stereocenters. The van der Waals surface area contributed by atoms with E-state index in [1.807, 2.05) is 42.5 Å². The first kappa shape index (κ1) is 22.3. The maximum absolute atomic E-state index is 14.8. The fraction of sp³-hybridized carbons (Fsp3) is 0.192. The van der Waals surface area contributed by atoms with Crippen LogP contribution in [-0.4, -0.2) is 51.9 Å². The normalized spacial score (nSPS) is 14.3.